The highest BCUT2D eigenvalue weighted by Crippen LogP contribution is 2.40. The predicted octanol–water partition coefficient (Wildman–Crippen LogP) is 3.82. The lowest BCUT2D eigenvalue weighted by atomic mass is 10.0. The highest BCUT2D eigenvalue weighted by molar-refractivity contribution is 5.77. The van der Waals surface area contributed by atoms with Crippen LogP contribution >= 0.6 is 0 Å². The summed E-state index contributed by atoms with van der Waals surface area (Å²) in [6.07, 6.45) is 7.73. The number of hydrogen-bond donors (Lipinski definition) is 1. The van der Waals surface area contributed by atoms with Gasteiger partial charge in [0.1, 0.15) is 6.33 Å². The fourth-order valence-corrected chi connectivity index (χ4v) is 3.86. The summed E-state index contributed by atoms with van der Waals surface area (Å²) in [5.74, 6) is 0.720. The Morgan fingerprint density at radius 1 is 1.16 bits per heavy atom. The van der Waals surface area contributed by atoms with Crippen molar-refractivity contribution in [1.82, 2.24) is 9.97 Å². The number of anilines is 3. The predicted molar refractivity (Wildman–Crippen MR) is 96.3 cm³/mol. The van der Waals surface area contributed by atoms with E-state index in [1.54, 1.807) is 0 Å². The Labute approximate surface area is 146 Å². The molecule has 1 aliphatic carbocycles. The zero-order chi connectivity index (χ0) is 17.2. The highest BCUT2D eigenvalue weighted by Gasteiger charge is 2.31. The van der Waals surface area contributed by atoms with Gasteiger partial charge < -0.3 is 10.2 Å². The molecule has 7 heteroatoms. The summed E-state index contributed by atoms with van der Waals surface area (Å²) < 4.78 is 0. The lowest BCUT2D eigenvalue weighted by molar-refractivity contribution is -0.383. The molecule has 1 fully saturated rings. The van der Waals surface area contributed by atoms with Crippen LogP contribution < -0.4 is 10.2 Å². The third-order valence-corrected chi connectivity index (χ3v) is 5.05. The van der Waals surface area contributed by atoms with Crippen molar-refractivity contribution in [2.24, 2.45) is 0 Å². The van der Waals surface area contributed by atoms with Crippen molar-refractivity contribution in [1.29, 1.82) is 0 Å². The fourth-order valence-electron chi connectivity index (χ4n) is 3.86. The Kier molecular flexibility index (Phi) is 4.21. The fraction of sp³-hybridized carbons (Fsp3) is 0.444. The number of nitrogens with one attached hydrogen (secondary N) is 1. The number of nitro groups is 1. The molecule has 2 aromatic rings. The standard InChI is InChI=1S/C18H21N5O2/c24-23(25)16-17(21-14-8-2-3-9-14)19-12-20-18(16)22-11-5-7-13-6-1-4-10-15(13)22/h1,4,6,10,12,14H,2-3,5,7-9,11H2,(H,19,20,21). The molecule has 0 saturated heterocycles. The van der Waals surface area contributed by atoms with Gasteiger partial charge in [-0.1, -0.05) is 31.0 Å². The minimum atomic E-state index is -0.357. The molecule has 7 nitrogen and oxygen atoms in total. The number of fused-ring (bicyclic) bond motifs is 1. The Balaban J connectivity index is 1.76. The number of nitrogens with zero attached hydrogens (tertiary/aromatic N) is 4. The molecule has 4 rings (SSSR count). The van der Waals surface area contributed by atoms with Gasteiger partial charge in [0.15, 0.2) is 0 Å². The van der Waals surface area contributed by atoms with Crippen molar-refractivity contribution < 1.29 is 4.92 Å². The van der Waals surface area contributed by atoms with Crippen molar-refractivity contribution in [3.63, 3.8) is 0 Å². The molecule has 1 saturated carbocycles. The van der Waals surface area contributed by atoms with E-state index in [0.29, 0.717) is 11.6 Å². The molecule has 1 N–H and O–H groups in total. The maximum atomic E-state index is 11.8. The van der Waals surface area contributed by atoms with E-state index in [1.165, 1.54) is 11.9 Å². The largest absolute Gasteiger partial charge is 0.361 e. The van der Waals surface area contributed by atoms with Crippen molar-refractivity contribution in [2.75, 3.05) is 16.8 Å². The maximum Gasteiger partial charge on any atom is 0.353 e. The third-order valence-electron chi connectivity index (χ3n) is 5.05. The second-order valence-corrected chi connectivity index (χ2v) is 6.66. The van der Waals surface area contributed by atoms with E-state index in [4.69, 9.17) is 0 Å². The SMILES string of the molecule is O=[N+]([O-])c1c(NC2CCCC2)ncnc1N1CCCc2ccccc21. The number of hydrogen-bond acceptors (Lipinski definition) is 6. The minimum Gasteiger partial charge on any atom is -0.361 e. The molecule has 1 aromatic carbocycles. The van der Waals surface area contributed by atoms with E-state index in [2.05, 4.69) is 21.4 Å². The van der Waals surface area contributed by atoms with Gasteiger partial charge in [0.05, 0.1) is 4.92 Å². The first-order valence-corrected chi connectivity index (χ1v) is 8.85. The summed E-state index contributed by atoms with van der Waals surface area (Å²) in [6, 6.07) is 8.30. The zero-order valence-electron chi connectivity index (χ0n) is 14.0. The summed E-state index contributed by atoms with van der Waals surface area (Å²) in [4.78, 5) is 21.9. The quantitative estimate of drug-likeness (QED) is 0.673. The van der Waals surface area contributed by atoms with Crippen LogP contribution in [0.3, 0.4) is 0 Å². The van der Waals surface area contributed by atoms with Crippen molar-refractivity contribution >= 4 is 23.0 Å². The molecule has 0 spiro atoms. The molecule has 0 bridgehead atoms. The summed E-state index contributed by atoms with van der Waals surface area (Å²) >= 11 is 0. The second-order valence-electron chi connectivity index (χ2n) is 6.66. The number of para-hydroxylation sites is 1. The van der Waals surface area contributed by atoms with E-state index in [1.807, 2.05) is 23.1 Å². The Morgan fingerprint density at radius 3 is 2.76 bits per heavy atom. The van der Waals surface area contributed by atoms with E-state index in [0.717, 1.165) is 50.8 Å². The topological polar surface area (TPSA) is 84.2 Å². The van der Waals surface area contributed by atoms with Gasteiger partial charge >= 0.3 is 5.69 Å². The van der Waals surface area contributed by atoms with E-state index in [9.17, 15) is 10.1 Å². The lowest BCUT2D eigenvalue weighted by Gasteiger charge is -2.30. The van der Waals surface area contributed by atoms with Gasteiger partial charge in [-0.25, -0.2) is 9.97 Å². The first-order chi connectivity index (χ1) is 12.2. The summed E-state index contributed by atoms with van der Waals surface area (Å²) in [5, 5.41) is 15.1. The van der Waals surface area contributed by atoms with E-state index in [-0.39, 0.29) is 16.7 Å². The van der Waals surface area contributed by atoms with Crippen LogP contribution in [0.1, 0.15) is 37.7 Å². The average molecular weight is 339 g/mol. The van der Waals surface area contributed by atoms with Gasteiger partial charge in [0.25, 0.3) is 0 Å². The second kappa shape index (κ2) is 6.66. The van der Waals surface area contributed by atoms with Gasteiger partial charge in [-0.3, -0.25) is 10.1 Å². The highest BCUT2D eigenvalue weighted by atomic mass is 16.6. The number of benzene rings is 1. The first-order valence-electron chi connectivity index (χ1n) is 8.85. The number of rotatable bonds is 4. The van der Waals surface area contributed by atoms with Gasteiger partial charge in [-0.15, -0.1) is 0 Å². The molecular formula is C18H21N5O2. The molecule has 0 radical (unpaired) electrons. The monoisotopic (exact) mass is 339 g/mol. The normalized spacial score (nSPS) is 17.4. The van der Waals surface area contributed by atoms with Crippen molar-refractivity contribution in [3.8, 4) is 0 Å². The minimum absolute atomic E-state index is 0.0221. The molecule has 0 atom stereocenters. The summed E-state index contributed by atoms with van der Waals surface area (Å²) in [7, 11) is 0. The Bertz CT molecular complexity index is 789. The van der Waals surface area contributed by atoms with Crippen LogP contribution in [0.5, 0.6) is 0 Å². The third kappa shape index (κ3) is 3.01. The Hall–Kier alpha value is -2.70. The first kappa shape index (κ1) is 15.8. The van der Waals surface area contributed by atoms with Gasteiger partial charge in [-0.2, -0.15) is 0 Å². The van der Waals surface area contributed by atoms with Crippen LogP contribution in [0.4, 0.5) is 23.0 Å². The summed E-state index contributed by atoms with van der Waals surface area (Å²) in [5.41, 5.74) is 2.18. The number of aromatic nitrogens is 2. The van der Waals surface area contributed by atoms with Crippen LogP contribution in [0, 0.1) is 10.1 Å². The average Bonchev–Trinajstić information content (AvgIpc) is 3.14. The molecule has 2 aliphatic rings. The van der Waals surface area contributed by atoms with Gasteiger partial charge in [0.2, 0.25) is 11.6 Å². The zero-order valence-corrected chi connectivity index (χ0v) is 14.0. The van der Waals surface area contributed by atoms with Crippen LogP contribution in [0.15, 0.2) is 30.6 Å². The van der Waals surface area contributed by atoms with Crippen LogP contribution in [-0.4, -0.2) is 27.5 Å². The summed E-state index contributed by atoms with van der Waals surface area (Å²) in [6.45, 7) is 0.720. The molecule has 25 heavy (non-hydrogen) atoms. The molecule has 130 valence electrons. The molecule has 1 aromatic heterocycles. The number of aryl methyl sites for hydroxylation is 1. The molecule has 0 unspecified atom stereocenters. The molecular weight excluding hydrogens is 318 g/mol. The molecule has 1 aliphatic heterocycles. The van der Waals surface area contributed by atoms with Gasteiger partial charge in [-0.05, 0) is 37.3 Å². The smallest absolute Gasteiger partial charge is 0.353 e. The molecule has 2 heterocycles. The van der Waals surface area contributed by atoms with E-state index >= 15 is 0 Å². The molecule has 0 amide bonds. The maximum absolute atomic E-state index is 11.8. The van der Waals surface area contributed by atoms with Crippen molar-refractivity contribution in [2.45, 2.75) is 44.6 Å². The van der Waals surface area contributed by atoms with Gasteiger partial charge in [0, 0.05) is 18.3 Å². The lowest BCUT2D eigenvalue weighted by Crippen LogP contribution is -2.27. The van der Waals surface area contributed by atoms with Crippen LogP contribution in [0.25, 0.3) is 0 Å². The van der Waals surface area contributed by atoms with Crippen LogP contribution in [-0.2, 0) is 6.42 Å². The van der Waals surface area contributed by atoms with E-state index < -0.39 is 0 Å². The Morgan fingerprint density at radius 2 is 1.96 bits per heavy atom. The van der Waals surface area contributed by atoms with Crippen molar-refractivity contribution in [3.05, 3.63) is 46.3 Å². The van der Waals surface area contributed by atoms with Crippen LogP contribution in [0.2, 0.25) is 0 Å².